The number of hydrogen-bond acceptors (Lipinski definition) is 2. The summed E-state index contributed by atoms with van der Waals surface area (Å²) >= 11 is 4.79. The molecule has 0 spiro atoms. The molecule has 5 heteroatoms. The zero-order valence-corrected chi connectivity index (χ0v) is 9.38. The number of nitrogens with zero attached hydrogens (tertiary/aromatic N) is 1. The Morgan fingerprint density at radius 3 is 2.93 bits per heavy atom. The first kappa shape index (κ1) is 9.48. The maximum absolute atomic E-state index is 10.9. The van der Waals surface area contributed by atoms with Gasteiger partial charge in [0.2, 0.25) is 0 Å². The third-order valence-corrected chi connectivity index (χ3v) is 2.89. The van der Waals surface area contributed by atoms with Crippen LogP contribution in [0.3, 0.4) is 0 Å². The van der Waals surface area contributed by atoms with Gasteiger partial charge in [-0.05, 0) is 33.4 Å². The van der Waals surface area contributed by atoms with Crippen LogP contribution in [0, 0.1) is 0 Å². The number of thiophene rings is 1. The molecule has 2 heterocycles. The van der Waals surface area contributed by atoms with E-state index in [-0.39, 0.29) is 5.69 Å². The Morgan fingerprint density at radius 2 is 2.36 bits per heavy atom. The van der Waals surface area contributed by atoms with Crippen LogP contribution in [0.1, 0.15) is 10.5 Å². The van der Waals surface area contributed by atoms with Gasteiger partial charge in [-0.3, -0.25) is 0 Å². The van der Waals surface area contributed by atoms with Crippen molar-refractivity contribution in [2.24, 2.45) is 0 Å². The van der Waals surface area contributed by atoms with E-state index in [4.69, 9.17) is 5.11 Å². The predicted molar refractivity (Wildman–Crippen MR) is 58.3 cm³/mol. The Balaban J connectivity index is 2.58. The third-order valence-electron chi connectivity index (χ3n) is 1.79. The Morgan fingerprint density at radius 1 is 1.57 bits per heavy atom. The van der Waals surface area contributed by atoms with Gasteiger partial charge < -0.3 is 9.67 Å². The number of rotatable bonds is 2. The molecule has 0 aliphatic rings. The minimum Gasteiger partial charge on any atom is -0.477 e. The fourth-order valence-electron chi connectivity index (χ4n) is 1.20. The number of carbonyl (C=O) groups is 1. The summed E-state index contributed by atoms with van der Waals surface area (Å²) in [5.41, 5.74) is 1.13. The smallest absolute Gasteiger partial charge is 0.352 e. The van der Waals surface area contributed by atoms with Gasteiger partial charge in [0.1, 0.15) is 5.69 Å². The fourth-order valence-corrected chi connectivity index (χ4v) is 2.25. The molecule has 0 saturated carbocycles. The minimum atomic E-state index is -0.929. The summed E-state index contributed by atoms with van der Waals surface area (Å²) in [7, 11) is 0. The van der Waals surface area contributed by atoms with Crippen LogP contribution in [0.2, 0.25) is 0 Å². The summed E-state index contributed by atoms with van der Waals surface area (Å²) in [4.78, 5) is 10.9. The van der Waals surface area contributed by atoms with E-state index in [1.807, 2.05) is 16.8 Å². The van der Waals surface area contributed by atoms with Crippen molar-refractivity contribution in [3.63, 3.8) is 0 Å². The van der Waals surface area contributed by atoms with E-state index in [9.17, 15) is 4.79 Å². The molecule has 2 rings (SSSR count). The van der Waals surface area contributed by atoms with Crippen LogP contribution in [0.25, 0.3) is 5.69 Å². The number of halogens is 1. The fraction of sp³-hybridized carbons (Fsp3) is 0. The van der Waals surface area contributed by atoms with Crippen molar-refractivity contribution in [2.75, 3.05) is 0 Å². The van der Waals surface area contributed by atoms with Crippen LogP contribution in [-0.2, 0) is 0 Å². The highest BCUT2D eigenvalue weighted by Gasteiger charge is 2.12. The molecule has 0 aliphatic carbocycles. The highest BCUT2D eigenvalue weighted by atomic mass is 79.9. The molecule has 0 saturated heterocycles. The van der Waals surface area contributed by atoms with E-state index < -0.39 is 5.97 Å². The van der Waals surface area contributed by atoms with Crippen LogP contribution in [0.4, 0.5) is 0 Å². The first-order chi connectivity index (χ1) is 6.68. The lowest BCUT2D eigenvalue weighted by atomic mass is 10.4. The number of aromatic carboxylic acids is 1. The average molecular weight is 272 g/mol. The topological polar surface area (TPSA) is 42.2 Å². The standard InChI is InChI=1S/C9H6BrNO2S/c10-6-3-8(9(12)13)11(4-6)7-1-2-14-5-7/h1-5H,(H,12,13). The van der Waals surface area contributed by atoms with Crippen molar-refractivity contribution in [3.8, 4) is 5.69 Å². The number of aromatic nitrogens is 1. The molecule has 0 fully saturated rings. The highest BCUT2D eigenvalue weighted by Crippen LogP contribution is 2.21. The summed E-state index contributed by atoms with van der Waals surface area (Å²) in [6.07, 6.45) is 1.74. The molecule has 2 aromatic heterocycles. The molecular formula is C9H6BrNO2S. The molecule has 0 amide bonds. The summed E-state index contributed by atoms with van der Waals surface area (Å²) < 4.78 is 2.41. The van der Waals surface area contributed by atoms with Gasteiger partial charge in [0.15, 0.2) is 0 Å². The van der Waals surface area contributed by atoms with E-state index in [0.29, 0.717) is 0 Å². The molecule has 0 atom stereocenters. The average Bonchev–Trinajstić information content (AvgIpc) is 2.70. The summed E-state index contributed by atoms with van der Waals surface area (Å²) in [5, 5.41) is 12.8. The first-order valence-corrected chi connectivity index (χ1v) is 5.56. The van der Waals surface area contributed by atoms with Crippen LogP contribution in [-0.4, -0.2) is 15.6 Å². The maximum atomic E-state index is 10.9. The predicted octanol–water partition coefficient (Wildman–Crippen LogP) is 3.00. The van der Waals surface area contributed by atoms with Gasteiger partial charge in [0.05, 0.1) is 5.69 Å². The van der Waals surface area contributed by atoms with Crippen LogP contribution < -0.4 is 0 Å². The second-order valence-electron chi connectivity index (χ2n) is 2.70. The molecule has 72 valence electrons. The van der Waals surface area contributed by atoms with Crippen molar-refractivity contribution in [1.29, 1.82) is 0 Å². The zero-order valence-electron chi connectivity index (χ0n) is 6.98. The van der Waals surface area contributed by atoms with Crippen molar-refractivity contribution in [2.45, 2.75) is 0 Å². The molecule has 0 radical (unpaired) electrons. The highest BCUT2D eigenvalue weighted by molar-refractivity contribution is 9.10. The van der Waals surface area contributed by atoms with Gasteiger partial charge >= 0.3 is 5.97 Å². The minimum absolute atomic E-state index is 0.260. The van der Waals surface area contributed by atoms with E-state index in [1.54, 1.807) is 16.8 Å². The third kappa shape index (κ3) is 1.60. The summed E-state index contributed by atoms with van der Waals surface area (Å²) in [5.74, 6) is -0.929. The lowest BCUT2D eigenvalue weighted by Gasteiger charge is -2.01. The number of hydrogen-bond donors (Lipinski definition) is 1. The molecule has 0 aromatic carbocycles. The largest absolute Gasteiger partial charge is 0.477 e. The van der Waals surface area contributed by atoms with E-state index in [1.165, 1.54) is 11.3 Å². The van der Waals surface area contributed by atoms with Crippen molar-refractivity contribution >= 4 is 33.2 Å². The molecule has 3 nitrogen and oxygen atoms in total. The molecule has 14 heavy (non-hydrogen) atoms. The molecule has 0 bridgehead atoms. The molecule has 1 N–H and O–H groups in total. The quantitative estimate of drug-likeness (QED) is 0.913. The van der Waals surface area contributed by atoms with E-state index >= 15 is 0 Å². The van der Waals surface area contributed by atoms with Gasteiger partial charge in [-0.25, -0.2) is 4.79 Å². The van der Waals surface area contributed by atoms with Crippen LogP contribution in [0.5, 0.6) is 0 Å². The van der Waals surface area contributed by atoms with Gasteiger partial charge in [0.25, 0.3) is 0 Å². The molecule has 0 aliphatic heterocycles. The van der Waals surface area contributed by atoms with Crippen LogP contribution >= 0.6 is 27.3 Å². The summed E-state index contributed by atoms with van der Waals surface area (Å²) in [6.45, 7) is 0. The molecule has 2 aromatic rings. The first-order valence-electron chi connectivity index (χ1n) is 3.82. The normalized spacial score (nSPS) is 10.4. The van der Waals surface area contributed by atoms with Crippen molar-refractivity contribution < 1.29 is 9.90 Å². The Hall–Kier alpha value is -1.07. The molecular weight excluding hydrogens is 266 g/mol. The van der Waals surface area contributed by atoms with Gasteiger partial charge in [-0.15, -0.1) is 0 Å². The number of carboxylic acid groups (broad SMARTS) is 1. The van der Waals surface area contributed by atoms with Gasteiger partial charge in [0, 0.05) is 16.0 Å². The van der Waals surface area contributed by atoms with Crippen LogP contribution in [0.15, 0.2) is 33.6 Å². The Bertz CT molecular complexity index is 461. The molecule has 0 unspecified atom stereocenters. The lowest BCUT2D eigenvalue weighted by Crippen LogP contribution is -2.04. The number of carboxylic acids is 1. The van der Waals surface area contributed by atoms with E-state index in [0.717, 1.165) is 10.2 Å². The second-order valence-corrected chi connectivity index (χ2v) is 4.40. The monoisotopic (exact) mass is 271 g/mol. The van der Waals surface area contributed by atoms with Crippen molar-refractivity contribution in [1.82, 2.24) is 4.57 Å². The van der Waals surface area contributed by atoms with Gasteiger partial charge in [-0.2, -0.15) is 11.3 Å². The lowest BCUT2D eigenvalue weighted by molar-refractivity contribution is 0.0688. The summed E-state index contributed by atoms with van der Waals surface area (Å²) in [6, 6.07) is 3.46. The Labute approximate surface area is 92.7 Å². The second kappa shape index (κ2) is 3.59. The van der Waals surface area contributed by atoms with Crippen molar-refractivity contribution in [3.05, 3.63) is 39.3 Å². The Kier molecular flexibility index (Phi) is 2.43. The van der Waals surface area contributed by atoms with Gasteiger partial charge in [-0.1, -0.05) is 0 Å². The van der Waals surface area contributed by atoms with E-state index in [2.05, 4.69) is 15.9 Å². The maximum Gasteiger partial charge on any atom is 0.352 e. The SMILES string of the molecule is O=C(O)c1cc(Br)cn1-c1ccsc1. The zero-order chi connectivity index (χ0) is 10.1.